The summed E-state index contributed by atoms with van der Waals surface area (Å²) in [6, 6.07) is -6.68. The summed E-state index contributed by atoms with van der Waals surface area (Å²) in [5.74, 6) is -6.14. The quantitative estimate of drug-likeness (QED) is 0.0685. The molecule has 0 aromatic rings. The zero-order valence-corrected chi connectivity index (χ0v) is 21.0. The first-order valence-corrected chi connectivity index (χ1v) is 11.5. The van der Waals surface area contributed by atoms with Crippen LogP contribution >= 0.6 is 12.6 Å². The van der Waals surface area contributed by atoms with E-state index in [-0.39, 0.29) is 18.1 Å². The summed E-state index contributed by atoms with van der Waals surface area (Å²) >= 11 is 3.93. The van der Waals surface area contributed by atoms with Gasteiger partial charge in [0.2, 0.25) is 35.9 Å². The van der Waals surface area contributed by atoms with Crippen LogP contribution in [0.15, 0.2) is 0 Å². The molecule has 0 spiro atoms. The monoisotopic (exact) mass is 534 g/mol. The fourth-order valence-electron chi connectivity index (χ4n) is 2.74. The molecule has 0 heterocycles. The van der Waals surface area contributed by atoms with E-state index in [4.69, 9.17) is 15.9 Å². The van der Waals surface area contributed by atoms with Crippen LogP contribution in [0.25, 0.3) is 0 Å². The first-order valence-electron chi connectivity index (χ1n) is 10.9. The van der Waals surface area contributed by atoms with E-state index >= 15 is 0 Å². The average molecular weight is 535 g/mol. The third-order valence-corrected chi connectivity index (χ3v) is 5.03. The number of carbonyl (C=O) groups is 7. The molecule has 0 aliphatic heterocycles. The minimum atomic E-state index is -1.64. The zero-order chi connectivity index (χ0) is 28.0. The maximum absolute atomic E-state index is 12.8. The van der Waals surface area contributed by atoms with Crippen molar-refractivity contribution >= 4 is 54.5 Å². The SMILES string of the molecule is CC(C)C[C@H](N)C(=O)N[C@@H](C)C(=O)N[C@@H](CC(=O)NC=O)C(=O)N[C@@H](CS)C(=O)N[C@@H](CO)C(=O)O. The summed E-state index contributed by atoms with van der Waals surface area (Å²) in [6.45, 7) is 4.13. The molecule has 0 unspecified atom stereocenters. The van der Waals surface area contributed by atoms with Gasteiger partial charge in [-0.15, -0.1) is 0 Å². The van der Waals surface area contributed by atoms with Crippen molar-refractivity contribution in [3.63, 3.8) is 0 Å². The van der Waals surface area contributed by atoms with Gasteiger partial charge < -0.3 is 37.2 Å². The number of amides is 6. The topological polar surface area (TPSA) is 246 Å². The molecule has 5 atom stereocenters. The van der Waals surface area contributed by atoms with Crippen molar-refractivity contribution in [2.75, 3.05) is 12.4 Å². The largest absolute Gasteiger partial charge is 0.480 e. The van der Waals surface area contributed by atoms with Crippen LogP contribution in [-0.2, 0) is 33.6 Å². The first-order chi connectivity index (χ1) is 16.8. The van der Waals surface area contributed by atoms with Gasteiger partial charge in [0.05, 0.1) is 19.1 Å². The minimum Gasteiger partial charge on any atom is -0.480 e. The fourth-order valence-corrected chi connectivity index (χ4v) is 3.00. The molecule has 0 aromatic heterocycles. The molecule has 9 N–H and O–H groups in total. The number of aliphatic carboxylic acids is 1. The van der Waals surface area contributed by atoms with Crippen LogP contribution in [0.4, 0.5) is 0 Å². The van der Waals surface area contributed by atoms with Crippen LogP contribution in [0.5, 0.6) is 0 Å². The summed E-state index contributed by atoms with van der Waals surface area (Å²) in [5.41, 5.74) is 5.79. The molecule has 0 aliphatic rings. The van der Waals surface area contributed by atoms with Crippen LogP contribution < -0.4 is 32.3 Å². The Morgan fingerprint density at radius 3 is 1.86 bits per heavy atom. The van der Waals surface area contributed by atoms with Gasteiger partial charge in [-0.1, -0.05) is 13.8 Å². The maximum atomic E-state index is 12.8. The Hall–Kier alpha value is -3.24. The summed E-state index contributed by atoms with van der Waals surface area (Å²) in [6.07, 6.45) is -0.272. The number of hydrogen-bond acceptors (Lipinski definition) is 10. The van der Waals surface area contributed by atoms with Crippen LogP contribution in [0.1, 0.15) is 33.6 Å². The Kier molecular flexibility index (Phi) is 15.0. The Morgan fingerprint density at radius 2 is 1.39 bits per heavy atom. The van der Waals surface area contributed by atoms with Gasteiger partial charge in [0.25, 0.3) is 0 Å². The summed E-state index contributed by atoms with van der Waals surface area (Å²) < 4.78 is 0. The third-order valence-electron chi connectivity index (χ3n) is 4.67. The highest BCUT2D eigenvalue weighted by Crippen LogP contribution is 2.03. The highest BCUT2D eigenvalue weighted by Gasteiger charge is 2.31. The molecule has 16 heteroatoms. The molecule has 0 saturated heterocycles. The van der Waals surface area contributed by atoms with Gasteiger partial charge in [-0.05, 0) is 19.3 Å². The van der Waals surface area contributed by atoms with Gasteiger partial charge in [-0.2, -0.15) is 12.6 Å². The first kappa shape index (κ1) is 32.8. The molecule has 15 nitrogen and oxygen atoms in total. The van der Waals surface area contributed by atoms with Crippen molar-refractivity contribution in [1.82, 2.24) is 26.6 Å². The number of carboxylic acid groups (broad SMARTS) is 1. The number of nitrogens with one attached hydrogen (secondary N) is 5. The van der Waals surface area contributed by atoms with E-state index in [9.17, 15) is 33.6 Å². The lowest BCUT2D eigenvalue weighted by Crippen LogP contribution is -2.59. The number of imide groups is 1. The van der Waals surface area contributed by atoms with Crippen LogP contribution in [-0.4, -0.2) is 94.7 Å². The van der Waals surface area contributed by atoms with Crippen LogP contribution in [0.3, 0.4) is 0 Å². The number of carboxylic acids is 1. The second kappa shape index (κ2) is 16.4. The molecule has 6 amide bonds. The average Bonchev–Trinajstić information content (AvgIpc) is 2.79. The van der Waals surface area contributed by atoms with Gasteiger partial charge in [0, 0.05) is 5.75 Å². The third kappa shape index (κ3) is 11.9. The standard InChI is InChI=1S/C20H34N6O9S/c1-9(2)4-11(21)17(31)23-10(3)16(30)24-12(5-15(29)22-8-28)18(32)26-14(7-36)19(33)25-13(6-27)20(34)35/h8-14,27,36H,4-7,21H2,1-3H3,(H,23,31)(H,24,30)(H,25,33)(H,26,32)(H,34,35)(H,22,28,29)/t10-,11-,12-,13-,14-/m0/s1. The summed E-state index contributed by atoms with van der Waals surface area (Å²) in [4.78, 5) is 83.3. The maximum Gasteiger partial charge on any atom is 0.328 e. The molecule has 0 aromatic carbocycles. The molecule has 0 rings (SSSR count). The van der Waals surface area contributed by atoms with Crippen molar-refractivity contribution in [3.8, 4) is 0 Å². The molecular formula is C20H34N6O9S. The lowest BCUT2D eigenvalue weighted by Gasteiger charge is -2.24. The summed E-state index contributed by atoms with van der Waals surface area (Å²) in [5, 5.41) is 28.7. The Balaban J connectivity index is 5.45. The lowest BCUT2D eigenvalue weighted by molar-refractivity contribution is -0.143. The number of thiol groups is 1. The van der Waals surface area contributed by atoms with Gasteiger partial charge in [-0.25, -0.2) is 4.79 Å². The van der Waals surface area contributed by atoms with Gasteiger partial charge in [-0.3, -0.25) is 34.1 Å². The van der Waals surface area contributed by atoms with Crippen LogP contribution in [0.2, 0.25) is 0 Å². The van der Waals surface area contributed by atoms with Crippen LogP contribution in [0, 0.1) is 5.92 Å². The van der Waals surface area contributed by atoms with Crippen molar-refractivity contribution < 1.29 is 43.8 Å². The number of carbonyl (C=O) groups excluding carboxylic acids is 6. The van der Waals surface area contributed by atoms with E-state index < -0.39 is 78.7 Å². The lowest BCUT2D eigenvalue weighted by atomic mass is 10.0. The van der Waals surface area contributed by atoms with Gasteiger partial charge in [0.15, 0.2) is 0 Å². The molecule has 0 aliphatic carbocycles. The summed E-state index contributed by atoms with van der Waals surface area (Å²) in [7, 11) is 0. The number of aliphatic hydroxyl groups is 1. The Labute approximate surface area is 213 Å². The number of nitrogens with two attached hydrogens (primary N) is 1. The van der Waals surface area contributed by atoms with Gasteiger partial charge >= 0.3 is 5.97 Å². The molecular weight excluding hydrogens is 500 g/mol. The van der Waals surface area contributed by atoms with Crippen molar-refractivity contribution in [3.05, 3.63) is 0 Å². The van der Waals surface area contributed by atoms with E-state index in [0.29, 0.717) is 6.42 Å². The highest BCUT2D eigenvalue weighted by molar-refractivity contribution is 7.80. The molecule has 204 valence electrons. The van der Waals surface area contributed by atoms with Crippen molar-refractivity contribution in [1.29, 1.82) is 0 Å². The minimum absolute atomic E-state index is 0.0724. The molecule has 0 radical (unpaired) electrons. The zero-order valence-electron chi connectivity index (χ0n) is 20.1. The Bertz CT molecular complexity index is 825. The molecule has 36 heavy (non-hydrogen) atoms. The second-order valence-corrected chi connectivity index (χ2v) is 8.61. The number of aliphatic hydroxyl groups excluding tert-OH is 1. The second-order valence-electron chi connectivity index (χ2n) is 8.24. The van der Waals surface area contributed by atoms with E-state index in [0.717, 1.165) is 0 Å². The number of hydrogen-bond donors (Lipinski definition) is 9. The van der Waals surface area contributed by atoms with E-state index in [2.05, 4.69) is 28.6 Å². The molecule has 0 fully saturated rings. The smallest absolute Gasteiger partial charge is 0.328 e. The highest BCUT2D eigenvalue weighted by atomic mass is 32.1. The van der Waals surface area contributed by atoms with Gasteiger partial charge in [0.1, 0.15) is 24.2 Å². The predicted molar refractivity (Wildman–Crippen MR) is 128 cm³/mol. The fraction of sp³-hybridized carbons (Fsp3) is 0.650. The molecule has 0 bridgehead atoms. The van der Waals surface area contributed by atoms with E-state index in [1.165, 1.54) is 6.92 Å². The van der Waals surface area contributed by atoms with Crippen molar-refractivity contribution in [2.24, 2.45) is 11.7 Å². The van der Waals surface area contributed by atoms with Crippen molar-refractivity contribution in [2.45, 2.75) is 63.8 Å². The predicted octanol–water partition coefficient (Wildman–Crippen LogP) is -4.01. The van der Waals surface area contributed by atoms with E-state index in [1.807, 2.05) is 24.5 Å². The van der Waals surface area contributed by atoms with E-state index in [1.54, 1.807) is 0 Å². The normalized spacial score (nSPS) is 14.9. The Morgan fingerprint density at radius 1 is 0.861 bits per heavy atom. The molecule has 0 saturated carbocycles. The number of rotatable bonds is 16.